The summed E-state index contributed by atoms with van der Waals surface area (Å²) in [4.78, 5) is 4.10. The molecule has 3 N–H and O–H groups in total. The fourth-order valence-electron chi connectivity index (χ4n) is 2.31. The number of hydrogen-bond donors (Lipinski definition) is 2. The Kier molecular flexibility index (Phi) is 3.96. The maximum atomic E-state index is 13.6. The average Bonchev–Trinajstić information content (AvgIpc) is 2.93. The fourth-order valence-corrected chi connectivity index (χ4v) is 2.73. The lowest BCUT2D eigenvalue weighted by atomic mass is 10.0. The number of benzene rings is 1. The SMILES string of the molecule is NNC(Cc1cccc(F)c1Br)c1cnn2ccncc12. The van der Waals surface area contributed by atoms with E-state index in [1.54, 1.807) is 35.4 Å². The molecule has 5 nitrogen and oxygen atoms in total. The molecule has 0 fully saturated rings. The normalized spacial score (nSPS) is 12.7. The predicted octanol–water partition coefficient (Wildman–Crippen LogP) is 2.38. The summed E-state index contributed by atoms with van der Waals surface area (Å²) in [7, 11) is 0. The molecular formula is C14H13BrFN5. The van der Waals surface area contributed by atoms with Gasteiger partial charge in [-0.05, 0) is 34.0 Å². The monoisotopic (exact) mass is 349 g/mol. The second kappa shape index (κ2) is 5.88. The van der Waals surface area contributed by atoms with Crippen LogP contribution in [0.2, 0.25) is 0 Å². The van der Waals surface area contributed by atoms with Gasteiger partial charge in [-0.3, -0.25) is 16.3 Å². The summed E-state index contributed by atoms with van der Waals surface area (Å²) in [5.74, 6) is 5.39. The smallest absolute Gasteiger partial charge is 0.137 e. The Bertz CT molecular complexity index is 773. The summed E-state index contributed by atoms with van der Waals surface area (Å²) in [5.41, 5.74) is 5.39. The van der Waals surface area contributed by atoms with Crippen molar-refractivity contribution in [3.05, 3.63) is 64.4 Å². The molecule has 3 rings (SSSR count). The molecule has 1 atom stereocenters. The van der Waals surface area contributed by atoms with Crippen LogP contribution in [0.3, 0.4) is 0 Å². The molecule has 0 aliphatic rings. The molecule has 0 saturated heterocycles. The zero-order chi connectivity index (χ0) is 14.8. The number of fused-ring (bicyclic) bond motifs is 1. The largest absolute Gasteiger partial charge is 0.271 e. The van der Waals surface area contributed by atoms with Crippen molar-refractivity contribution in [3.63, 3.8) is 0 Å². The van der Waals surface area contributed by atoms with Gasteiger partial charge < -0.3 is 0 Å². The van der Waals surface area contributed by atoms with Crippen LogP contribution in [-0.2, 0) is 6.42 Å². The molecule has 2 aromatic heterocycles. The lowest BCUT2D eigenvalue weighted by molar-refractivity contribution is 0.549. The highest BCUT2D eigenvalue weighted by Gasteiger charge is 2.18. The summed E-state index contributed by atoms with van der Waals surface area (Å²) in [5, 5.41) is 4.26. The number of halogens is 2. The molecule has 0 spiro atoms. The Hall–Kier alpha value is -1.83. The first kappa shape index (κ1) is 14.1. The minimum atomic E-state index is -0.287. The lowest BCUT2D eigenvalue weighted by Gasteiger charge is -2.16. The molecule has 21 heavy (non-hydrogen) atoms. The molecule has 0 aliphatic heterocycles. The number of hydrogen-bond acceptors (Lipinski definition) is 4. The molecule has 1 unspecified atom stereocenters. The molecule has 2 heterocycles. The zero-order valence-corrected chi connectivity index (χ0v) is 12.6. The van der Waals surface area contributed by atoms with Crippen molar-refractivity contribution in [2.45, 2.75) is 12.5 Å². The van der Waals surface area contributed by atoms with E-state index in [1.165, 1.54) is 6.07 Å². The summed E-state index contributed by atoms with van der Waals surface area (Å²) >= 11 is 3.27. The van der Waals surface area contributed by atoms with Gasteiger partial charge in [-0.2, -0.15) is 5.10 Å². The van der Waals surface area contributed by atoms with Gasteiger partial charge in [0, 0.05) is 18.0 Å². The Morgan fingerprint density at radius 1 is 1.38 bits per heavy atom. The molecule has 0 bridgehead atoms. The van der Waals surface area contributed by atoms with Crippen LogP contribution in [0.4, 0.5) is 4.39 Å². The highest BCUT2D eigenvalue weighted by Crippen LogP contribution is 2.27. The second-order valence-electron chi connectivity index (χ2n) is 4.64. The van der Waals surface area contributed by atoms with E-state index in [1.807, 2.05) is 6.07 Å². The third-order valence-corrected chi connectivity index (χ3v) is 4.27. The first-order valence-electron chi connectivity index (χ1n) is 6.37. The first-order chi connectivity index (χ1) is 10.2. The van der Waals surface area contributed by atoms with Crippen LogP contribution in [0.25, 0.3) is 5.52 Å². The van der Waals surface area contributed by atoms with Crippen LogP contribution in [0.5, 0.6) is 0 Å². The molecule has 3 aromatic rings. The van der Waals surface area contributed by atoms with Crippen molar-refractivity contribution < 1.29 is 4.39 Å². The molecule has 0 saturated carbocycles. The molecule has 7 heteroatoms. The van der Waals surface area contributed by atoms with E-state index in [0.29, 0.717) is 10.9 Å². The Labute approximate surface area is 129 Å². The van der Waals surface area contributed by atoms with E-state index in [4.69, 9.17) is 5.84 Å². The molecule has 1 aromatic carbocycles. The number of aromatic nitrogens is 3. The fraction of sp³-hybridized carbons (Fsp3) is 0.143. The third kappa shape index (κ3) is 2.67. The van der Waals surface area contributed by atoms with Gasteiger partial charge in [0.1, 0.15) is 5.82 Å². The van der Waals surface area contributed by atoms with E-state index >= 15 is 0 Å². The third-order valence-electron chi connectivity index (χ3n) is 3.39. The van der Waals surface area contributed by atoms with E-state index < -0.39 is 0 Å². The lowest BCUT2D eigenvalue weighted by Crippen LogP contribution is -2.29. The highest BCUT2D eigenvalue weighted by molar-refractivity contribution is 9.10. The van der Waals surface area contributed by atoms with Gasteiger partial charge in [0.15, 0.2) is 0 Å². The van der Waals surface area contributed by atoms with Gasteiger partial charge >= 0.3 is 0 Å². The van der Waals surface area contributed by atoms with Crippen molar-refractivity contribution in [3.8, 4) is 0 Å². The quantitative estimate of drug-likeness (QED) is 0.560. The van der Waals surface area contributed by atoms with E-state index in [0.717, 1.165) is 16.6 Å². The van der Waals surface area contributed by atoms with E-state index in [2.05, 4.69) is 31.4 Å². The van der Waals surface area contributed by atoms with Crippen molar-refractivity contribution in [2.75, 3.05) is 0 Å². The summed E-state index contributed by atoms with van der Waals surface area (Å²) < 4.78 is 15.8. The number of hydrazine groups is 1. The predicted molar refractivity (Wildman–Crippen MR) is 80.9 cm³/mol. The first-order valence-corrected chi connectivity index (χ1v) is 7.16. The van der Waals surface area contributed by atoms with Crippen LogP contribution < -0.4 is 11.3 Å². The summed E-state index contributed by atoms with van der Waals surface area (Å²) in [6.07, 6.45) is 7.44. The van der Waals surface area contributed by atoms with Crippen molar-refractivity contribution in [1.29, 1.82) is 0 Å². The molecular weight excluding hydrogens is 337 g/mol. The van der Waals surface area contributed by atoms with Crippen LogP contribution in [0, 0.1) is 5.82 Å². The maximum Gasteiger partial charge on any atom is 0.137 e. The van der Waals surface area contributed by atoms with E-state index in [-0.39, 0.29) is 11.9 Å². The van der Waals surface area contributed by atoms with Gasteiger partial charge in [0.2, 0.25) is 0 Å². The van der Waals surface area contributed by atoms with Gasteiger partial charge in [0.05, 0.1) is 28.4 Å². The zero-order valence-electron chi connectivity index (χ0n) is 11.0. The molecule has 0 amide bonds. The van der Waals surface area contributed by atoms with Gasteiger partial charge in [-0.1, -0.05) is 12.1 Å². The number of nitrogens with two attached hydrogens (primary N) is 1. The minimum Gasteiger partial charge on any atom is -0.271 e. The molecule has 108 valence electrons. The summed E-state index contributed by atoms with van der Waals surface area (Å²) in [6.45, 7) is 0. The van der Waals surface area contributed by atoms with Gasteiger partial charge in [-0.25, -0.2) is 8.91 Å². The maximum absolute atomic E-state index is 13.6. The molecule has 0 aliphatic carbocycles. The minimum absolute atomic E-state index is 0.190. The number of nitrogens with one attached hydrogen (secondary N) is 1. The summed E-state index contributed by atoms with van der Waals surface area (Å²) in [6, 6.07) is 4.77. The van der Waals surface area contributed by atoms with Crippen LogP contribution in [0.15, 0.2) is 47.5 Å². The number of nitrogens with zero attached hydrogens (tertiary/aromatic N) is 3. The number of rotatable bonds is 4. The van der Waals surface area contributed by atoms with E-state index in [9.17, 15) is 4.39 Å². The van der Waals surface area contributed by atoms with Crippen LogP contribution >= 0.6 is 15.9 Å². The Morgan fingerprint density at radius 2 is 2.24 bits per heavy atom. The topological polar surface area (TPSA) is 68.2 Å². The standard InChI is InChI=1S/C14H13BrFN5/c15-14-9(2-1-3-11(14)16)6-12(20-17)10-7-19-21-5-4-18-8-13(10)21/h1-5,7-8,12,20H,6,17H2. The van der Waals surface area contributed by atoms with Gasteiger partial charge in [0.25, 0.3) is 0 Å². The van der Waals surface area contributed by atoms with Crippen molar-refractivity contribution in [2.24, 2.45) is 5.84 Å². The van der Waals surface area contributed by atoms with Crippen LogP contribution in [-0.4, -0.2) is 14.6 Å². The Balaban J connectivity index is 1.97. The van der Waals surface area contributed by atoms with Crippen molar-refractivity contribution in [1.82, 2.24) is 20.0 Å². The second-order valence-corrected chi connectivity index (χ2v) is 5.44. The van der Waals surface area contributed by atoms with Gasteiger partial charge in [-0.15, -0.1) is 0 Å². The average molecular weight is 350 g/mol. The van der Waals surface area contributed by atoms with Crippen molar-refractivity contribution >= 4 is 21.4 Å². The van der Waals surface area contributed by atoms with Crippen LogP contribution in [0.1, 0.15) is 17.2 Å². The Morgan fingerprint density at radius 3 is 3.05 bits per heavy atom. The molecule has 0 radical (unpaired) electrons. The highest BCUT2D eigenvalue weighted by atomic mass is 79.9.